The Hall–Kier alpha value is -2.97. The molecule has 4 nitrogen and oxygen atoms in total. The summed E-state index contributed by atoms with van der Waals surface area (Å²) in [4.78, 5) is 14.4. The maximum Gasteiger partial charge on any atom is 0.422 e. The Morgan fingerprint density at radius 2 is 1.57 bits per heavy atom. The fraction of sp³-hybridized carbons (Fsp3) is 0.0588. The highest BCUT2D eigenvalue weighted by molar-refractivity contribution is 6.40. The summed E-state index contributed by atoms with van der Waals surface area (Å²) in [5.41, 5.74) is 11.3. The Bertz CT molecular complexity index is 697. The highest BCUT2D eigenvalue weighted by Crippen LogP contribution is 2.10. The van der Waals surface area contributed by atoms with Crippen molar-refractivity contribution in [2.45, 2.75) is 0 Å². The molecule has 4 heteroatoms. The van der Waals surface area contributed by atoms with Gasteiger partial charge in [0.2, 0.25) is 0 Å². The molecule has 104 valence electrons. The minimum Gasteiger partial charge on any atom is -0.460 e. The normalized spacial score (nSPS) is 10.1. The summed E-state index contributed by atoms with van der Waals surface area (Å²) in [7, 11) is 1.24. The molecule has 0 N–H and O–H groups in total. The van der Waals surface area contributed by atoms with Gasteiger partial charge in [0.15, 0.2) is 0 Å². The lowest BCUT2D eigenvalue weighted by molar-refractivity contribution is -0.137. The van der Waals surface area contributed by atoms with Crippen molar-refractivity contribution in [1.82, 2.24) is 0 Å². The van der Waals surface area contributed by atoms with Crippen molar-refractivity contribution in [2.75, 3.05) is 7.11 Å². The summed E-state index contributed by atoms with van der Waals surface area (Å²) in [5, 5.41) is 0. The number of benzene rings is 2. The molecule has 0 aliphatic heterocycles. The second-order valence-electron chi connectivity index (χ2n) is 4.31. The third-order valence-electron chi connectivity index (χ3n) is 2.93. The van der Waals surface area contributed by atoms with Gasteiger partial charge in [-0.15, -0.1) is 0 Å². The predicted molar refractivity (Wildman–Crippen MR) is 81.6 cm³/mol. The number of esters is 1. The highest BCUT2D eigenvalue weighted by Gasteiger charge is 2.22. The Morgan fingerprint density at radius 1 is 1.00 bits per heavy atom. The molecule has 2 aromatic rings. The number of rotatable bonds is 4. The van der Waals surface area contributed by atoms with Crippen LogP contribution in [0.1, 0.15) is 16.7 Å². The summed E-state index contributed by atoms with van der Waals surface area (Å²) in [5.74, 6) is -0.676. The molecule has 0 unspecified atom stereocenters. The molecule has 0 saturated heterocycles. The lowest BCUT2D eigenvalue weighted by atomic mass is 10.1. The first-order valence-electron chi connectivity index (χ1n) is 6.38. The van der Waals surface area contributed by atoms with E-state index in [1.165, 1.54) is 7.11 Å². The fourth-order valence-corrected chi connectivity index (χ4v) is 1.82. The van der Waals surface area contributed by atoms with Gasteiger partial charge in [0.1, 0.15) is 0 Å². The van der Waals surface area contributed by atoms with Gasteiger partial charge in [0.25, 0.3) is 0 Å². The van der Waals surface area contributed by atoms with E-state index in [9.17, 15) is 4.79 Å². The Morgan fingerprint density at radius 3 is 2.10 bits per heavy atom. The van der Waals surface area contributed by atoms with Gasteiger partial charge >= 0.3 is 11.7 Å². The molecule has 0 heterocycles. The van der Waals surface area contributed by atoms with E-state index in [2.05, 4.69) is 9.53 Å². The molecule has 0 aromatic heterocycles. The molecule has 0 amide bonds. The largest absolute Gasteiger partial charge is 0.460 e. The zero-order valence-electron chi connectivity index (χ0n) is 11.6. The van der Waals surface area contributed by atoms with Crippen LogP contribution in [0.2, 0.25) is 0 Å². The minimum atomic E-state index is -0.676. The molecule has 2 aromatic carbocycles. The van der Waals surface area contributed by atoms with Crippen LogP contribution in [0.15, 0.2) is 54.6 Å². The second-order valence-corrected chi connectivity index (χ2v) is 4.31. The van der Waals surface area contributed by atoms with E-state index in [0.29, 0.717) is 5.56 Å². The van der Waals surface area contributed by atoms with Crippen LogP contribution in [0.4, 0.5) is 0 Å². The highest BCUT2D eigenvalue weighted by atomic mass is 16.5. The van der Waals surface area contributed by atoms with Gasteiger partial charge in [0, 0.05) is 0 Å². The molecule has 0 aliphatic carbocycles. The Balaban J connectivity index is 2.18. The van der Waals surface area contributed by atoms with Crippen LogP contribution in [0.5, 0.6) is 0 Å². The van der Waals surface area contributed by atoms with E-state index in [4.69, 9.17) is 5.53 Å². The number of carbonyl (C=O) groups excluding carboxylic acids is 1. The monoisotopic (exact) mass is 278 g/mol. The van der Waals surface area contributed by atoms with Crippen molar-refractivity contribution < 1.29 is 14.3 Å². The van der Waals surface area contributed by atoms with Crippen LogP contribution >= 0.6 is 0 Å². The van der Waals surface area contributed by atoms with E-state index < -0.39 is 5.97 Å². The zero-order valence-corrected chi connectivity index (χ0v) is 11.6. The second kappa shape index (κ2) is 6.98. The molecule has 0 radical (unpaired) electrons. The molecule has 2 rings (SSSR count). The van der Waals surface area contributed by atoms with Crippen molar-refractivity contribution in [3.63, 3.8) is 0 Å². The van der Waals surface area contributed by atoms with E-state index in [0.717, 1.165) is 11.1 Å². The average molecular weight is 278 g/mol. The zero-order chi connectivity index (χ0) is 15.1. The number of nitrogens with zero attached hydrogens (tertiary/aromatic N) is 2. The van der Waals surface area contributed by atoms with Gasteiger partial charge in [-0.25, -0.2) is 4.79 Å². The first-order chi connectivity index (χ1) is 10.2. The summed E-state index contributed by atoms with van der Waals surface area (Å²) in [6.45, 7) is 0. The number of ether oxygens (including phenoxy) is 1. The van der Waals surface area contributed by atoms with Crippen LogP contribution in [-0.2, 0) is 9.53 Å². The maximum absolute atomic E-state index is 11.4. The number of hydrogen-bond acceptors (Lipinski definition) is 2. The molecule has 0 fully saturated rings. The van der Waals surface area contributed by atoms with Gasteiger partial charge in [-0.1, -0.05) is 54.6 Å². The van der Waals surface area contributed by atoms with E-state index in [1.54, 1.807) is 12.1 Å². The van der Waals surface area contributed by atoms with E-state index in [-0.39, 0.29) is 5.71 Å². The SMILES string of the molecule is COC(=O)C(=[N+]=[N-])c1ccc(/C=C/c2ccccc2)cc1. The topological polar surface area (TPSA) is 62.7 Å². The summed E-state index contributed by atoms with van der Waals surface area (Å²) in [6, 6.07) is 17.0. The first kappa shape index (κ1) is 14.4. The van der Waals surface area contributed by atoms with Gasteiger partial charge in [-0.2, -0.15) is 4.79 Å². The lowest BCUT2D eigenvalue weighted by Gasteiger charge is -1.97. The van der Waals surface area contributed by atoms with Crippen LogP contribution < -0.4 is 0 Å². The van der Waals surface area contributed by atoms with Crippen molar-refractivity contribution in [2.24, 2.45) is 0 Å². The van der Waals surface area contributed by atoms with Gasteiger partial charge < -0.3 is 10.3 Å². The van der Waals surface area contributed by atoms with Gasteiger partial charge in [-0.3, -0.25) is 0 Å². The van der Waals surface area contributed by atoms with E-state index >= 15 is 0 Å². The smallest absolute Gasteiger partial charge is 0.422 e. The third kappa shape index (κ3) is 3.75. The number of hydrogen-bond donors (Lipinski definition) is 0. The summed E-state index contributed by atoms with van der Waals surface area (Å²) in [6.07, 6.45) is 3.96. The summed E-state index contributed by atoms with van der Waals surface area (Å²) < 4.78 is 4.55. The predicted octanol–water partition coefficient (Wildman–Crippen LogP) is 3.05. The lowest BCUT2D eigenvalue weighted by Crippen LogP contribution is -2.18. The minimum absolute atomic E-state index is 0.115. The first-order valence-corrected chi connectivity index (χ1v) is 6.38. The Labute approximate surface area is 122 Å². The van der Waals surface area contributed by atoms with Crippen molar-refractivity contribution in [1.29, 1.82) is 0 Å². The molecule has 21 heavy (non-hydrogen) atoms. The van der Waals surface area contributed by atoms with Crippen molar-refractivity contribution >= 4 is 23.8 Å². The third-order valence-corrected chi connectivity index (χ3v) is 2.93. The molecule has 0 bridgehead atoms. The van der Waals surface area contributed by atoms with Gasteiger partial charge in [0.05, 0.1) is 12.7 Å². The molecular weight excluding hydrogens is 264 g/mol. The van der Waals surface area contributed by atoms with Gasteiger partial charge in [-0.05, 0) is 23.3 Å². The molecule has 0 spiro atoms. The average Bonchev–Trinajstić information content (AvgIpc) is 2.55. The van der Waals surface area contributed by atoms with Crippen molar-refractivity contribution in [3.05, 3.63) is 76.8 Å². The number of carbonyl (C=O) groups is 1. The fourth-order valence-electron chi connectivity index (χ4n) is 1.82. The van der Waals surface area contributed by atoms with Crippen molar-refractivity contribution in [3.8, 4) is 0 Å². The van der Waals surface area contributed by atoms with E-state index in [1.807, 2.05) is 54.6 Å². The molecular formula is C17H14N2O2. The number of methoxy groups -OCH3 is 1. The molecule has 0 aliphatic rings. The van der Waals surface area contributed by atoms with Crippen LogP contribution in [0.3, 0.4) is 0 Å². The summed E-state index contributed by atoms with van der Waals surface area (Å²) >= 11 is 0. The quantitative estimate of drug-likeness (QED) is 0.284. The maximum atomic E-state index is 11.4. The Kier molecular flexibility index (Phi) is 4.80. The van der Waals surface area contributed by atoms with Crippen LogP contribution in [-0.4, -0.2) is 23.6 Å². The van der Waals surface area contributed by atoms with Crippen LogP contribution in [0, 0.1) is 0 Å². The molecule has 0 saturated carbocycles. The molecule has 0 atom stereocenters. The standard InChI is InChI=1S/C17H14N2O2/c1-21-17(20)16(19-18)15-11-9-14(10-12-15)8-7-13-5-3-2-4-6-13/h2-12H,1H3/b8-7+. The van der Waals surface area contributed by atoms with Crippen LogP contribution in [0.25, 0.3) is 17.7 Å².